The number of methoxy groups -OCH3 is 1. The molecular formula is C16H25ClN2O2. The maximum Gasteiger partial charge on any atom is 0.227 e. The average Bonchev–Trinajstić information content (AvgIpc) is 2.47. The number of carbonyl (C=O) groups is 1. The van der Waals surface area contributed by atoms with Crippen LogP contribution in [0.15, 0.2) is 24.3 Å². The number of nitrogens with two attached hydrogens (primary N) is 1. The van der Waals surface area contributed by atoms with Crippen LogP contribution in [0.4, 0.5) is 0 Å². The Hall–Kier alpha value is -1.26. The van der Waals surface area contributed by atoms with Crippen molar-refractivity contribution in [2.24, 2.45) is 11.7 Å². The zero-order valence-corrected chi connectivity index (χ0v) is 13.6. The fourth-order valence-corrected chi connectivity index (χ4v) is 2.94. The van der Waals surface area contributed by atoms with Gasteiger partial charge in [-0.05, 0) is 36.5 Å². The Morgan fingerprint density at radius 2 is 2.05 bits per heavy atom. The molecule has 1 heterocycles. The molecule has 0 aromatic heterocycles. The molecular weight excluding hydrogens is 288 g/mol. The summed E-state index contributed by atoms with van der Waals surface area (Å²) in [4.78, 5) is 14.4. The van der Waals surface area contributed by atoms with E-state index in [1.165, 1.54) is 0 Å². The van der Waals surface area contributed by atoms with Crippen LogP contribution in [0.1, 0.15) is 25.3 Å². The van der Waals surface area contributed by atoms with Gasteiger partial charge in [0.25, 0.3) is 0 Å². The smallest absolute Gasteiger partial charge is 0.227 e. The third kappa shape index (κ3) is 4.35. The van der Waals surface area contributed by atoms with E-state index in [0.717, 1.165) is 30.7 Å². The summed E-state index contributed by atoms with van der Waals surface area (Å²) >= 11 is 0. The Bertz CT molecular complexity index is 450. The predicted molar refractivity (Wildman–Crippen MR) is 86.9 cm³/mol. The lowest BCUT2D eigenvalue weighted by atomic mass is 9.90. The van der Waals surface area contributed by atoms with Crippen molar-refractivity contribution >= 4 is 18.3 Å². The van der Waals surface area contributed by atoms with Crippen molar-refractivity contribution in [3.05, 3.63) is 29.8 Å². The Balaban J connectivity index is 0.00000220. The van der Waals surface area contributed by atoms with Crippen molar-refractivity contribution in [1.82, 2.24) is 4.90 Å². The van der Waals surface area contributed by atoms with Crippen molar-refractivity contribution in [1.29, 1.82) is 0 Å². The lowest BCUT2D eigenvalue weighted by Gasteiger charge is -2.39. The van der Waals surface area contributed by atoms with Crippen LogP contribution in [0.3, 0.4) is 0 Å². The summed E-state index contributed by atoms with van der Waals surface area (Å²) in [5.74, 6) is 1.48. The van der Waals surface area contributed by atoms with Gasteiger partial charge >= 0.3 is 0 Å². The highest BCUT2D eigenvalue weighted by Crippen LogP contribution is 2.23. The first kappa shape index (κ1) is 17.8. The zero-order valence-electron chi connectivity index (χ0n) is 12.7. The highest BCUT2D eigenvalue weighted by atomic mass is 35.5. The standard InChI is InChI=1S/C16H24N2O2.ClH/c1-12-4-3-9-18(15(12)11-17)16(19)10-13-5-7-14(20-2)8-6-13;/h5-8,12,15H,3-4,9-11,17H2,1-2H3;1H. The highest BCUT2D eigenvalue weighted by Gasteiger charge is 2.30. The topological polar surface area (TPSA) is 55.6 Å². The minimum absolute atomic E-state index is 0. The molecule has 1 aromatic carbocycles. The molecule has 1 aliphatic heterocycles. The summed E-state index contributed by atoms with van der Waals surface area (Å²) in [6.45, 7) is 3.57. The fourth-order valence-electron chi connectivity index (χ4n) is 2.94. The highest BCUT2D eigenvalue weighted by molar-refractivity contribution is 5.85. The second kappa shape index (κ2) is 8.25. The van der Waals surface area contributed by atoms with Crippen molar-refractivity contribution in [3.8, 4) is 5.75 Å². The number of amides is 1. The van der Waals surface area contributed by atoms with Gasteiger partial charge in [0.2, 0.25) is 5.91 Å². The van der Waals surface area contributed by atoms with Crippen LogP contribution in [0, 0.1) is 5.92 Å². The lowest BCUT2D eigenvalue weighted by Crippen LogP contribution is -2.51. The van der Waals surface area contributed by atoms with E-state index >= 15 is 0 Å². The quantitative estimate of drug-likeness (QED) is 0.927. The Morgan fingerprint density at radius 3 is 2.62 bits per heavy atom. The van der Waals surface area contributed by atoms with Crippen LogP contribution in [0.25, 0.3) is 0 Å². The summed E-state index contributed by atoms with van der Waals surface area (Å²) in [7, 11) is 1.64. The van der Waals surface area contributed by atoms with Crippen molar-refractivity contribution in [2.45, 2.75) is 32.2 Å². The van der Waals surface area contributed by atoms with Gasteiger partial charge in [0.15, 0.2) is 0 Å². The first-order chi connectivity index (χ1) is 9.65. The maximum atomic E-state index is 12.5. The van der Waals surface area contributed by atoms with E-state index in [0.29, 0.717) is 18.9 Å². The van der Waals surface area contributed by atoms with Crippen molar-refractivity contribution < 1.29 is 9.53 Å². The third-order valence-electron chi connectivity index (χ3n) is 4.19. The van der Waals surface area contributed by atoms with Gasteiger partial charge in [-0.15, -0.1) is 12.4 Å². The molecule has 0 radical (unpaired) electrons. The number of piperidine rings is 1. The van der Waals surface area contributed by atoms with E-state index in [4.69, 9.17) is 10.5 Å². The van der Waals surface area contributed by atoms with Gasteiger partial charge in [-0.2, -0.15) is 0 Å². The largest absolute Gasteiger partial charge is 0.497 e. The Kier molecular flexibility index (Phi) is 6.99. The van der Waals surface area contributed by atoms with Gasteiger partial charge in [0, 0.05) is 19.1 Å². The van der Waals surface area contributed by atoms with E-state index in [9.17, 15) is 4.79 Å². The summed E-state index contributed by atoms with van der Waals surface area (Å²) in [5.41, 5.74) is 6.86. The second-order valence-corrected chi connectivity index (χ2v) is 5.53. The van der Waals surface area contributed by atoms with E-state index in [1.54, 1.807) is 7.11 Å². The summed E-state index contributed by atoms with van der Waals surface area (Å²) < 4.78 is 5.13. The normalized spacial score (nSPS) is 21.6. The molecule has 1 fully saturated rings. The van der Waals surface area contributed by atoms with Crippen molar-refractivity contribution in [2.75, 3.05) is 20.2 Å². The molecule has 2 atom stereocenters. The molecule has 5 heteroatoms. The van der Waals surface area contributed by atoms with Crippen LogP contribution in [0.2, 0.25) is 0 Å². The molecule has 118 valence electrons. The Labute approximate surface area is 133 Å². The van der Waals surface area contributed by atoms with Gasteiger partial charge in [0.05, 0.1) is 13.5 Å². The van der Waals surface area contributed by atoms with E-state index in [2.05, 4.69) is 6.92 Å². The molecule has 2 rings (SSSR count). The SMILES string of the molecule is COc1ccc(CC(=O)N2CCCC(C)C2CN)cc1.Cl. The lowest BCUT2D eigenvalue weighted by molar-refractivity contribution is -0.135. The average molecular weight is 313 g/mol. The number of hydrogen-bond donors (Lipinski definition) is 1. The number of halogens is 1. The third-order valence-corrected chi connectivity index (χ3v) is 4.19. The molecule has 0 saturated carbocycles. The van der Waals surface area contributed by atoms with E-state index in [1.807, 2.05) is 29.2 Å². The second-order valence-electron chi connectivity index (χ2n) is 5.53. The zero-order chi connectivity index (χ0) is 14.5. The molecule has 4 nitrogen and oxygen atoms in total. The number of benzene rings is 1. The molecule has 1 aliphatic rings. The molecule has 0 aliphatic carbocycles. The van der Waals surface area contributed by atoms with E-state index < -0.39 is 0 Å². The maximum absolute atomic E-state index is 12.5. The molecule has 1 aromatic rings. The van der Waals surface area contributed by atoms with Crippen LogP contribution in [-0.2, 0) is 11.2 Å². The van der Waals surface area contributed by atoms with Crippen LogP contribution < -0.4 is 10.5 Å². The molecule has 2 unspecified atom stereocenters. The molecule has 2 N–H and O–H groups in total. The predicted octanol–water partition coefficient (Wildman–Crippen LogP) is 2.25. The molecule has 21 heavy (non-hydrogen) atoms. The first-order valence-corrected chi connectivity index (χ1v) is 7.28. The molecule has 1 amide bonds. The van der Waals surface area contributed by atoms with Crippen LogP contribution in [0.5, 0.6) is 5.75 Å². The van der Waals surface area contributed by atoms with Gasteiger partial charge < -0.3 is 15.4 Å². The summed E-state index contributed by atoms with van der Waals surface area (Å²) in [6.07, 6.45) is 2.67. The molecule has 1 saturated heterocycles. The minimum Gasteiger partial charge on any atom is -0.497 e. The van der Waals surface area contributed by atoms with Crippen LogP contribution in [-0.4, -0.2) is 37.0 Å². The number of nitrogens with zero attached hydrogens (tertiary/aromatic N) is 1. The number of hydrogen-bond acceptors (Lipinski definition) is 3. The fraction of sp³-hybridized carbons (Fsp3) is 0.562. The number of rotatable bonds is 4. The van der Waals surface area contributed by atoms with Crippen molar-refractivity contribution in [3.63, 3.8) is 0 Å². The van der Waals surface area contributed by atoms with Gasteiger partial charge in [-0.1, -0.05) is 19.1 Å². The molecule has 0 spiro atoms. The summed E-state index contributed by atoms with van der Waals surface area (Å²) in [6, 6.07) is 7.86. The van der Waals surface area contributed by atoms with Gasteiger partial charge in [0.1, 0.15) is 5.75 Å². The number of carbonyl (C=O) groups excluding carboxylic acids is 1. The Morgan fingerprint density at radius 1 is 1.38 bits per heavy atom. The summed E-state index contributed by atoms with van der Waals surface area (Å²) in [5, 5.41) is 0. The first-order valence-electron chi connectivity index (χ1n) is 7.28. The van der Waals surface area contributed by atoms with Crippen LogP contribution >= 0.6 is 12.4 Å². The number of ether oxygens (including phenoxy) is 1. The number of likely N-dealkylation sites (tertiary alicyclic amines) is 1. The monoisotopic (exact) mass is 312 g/mol. The van der Waals surface area contributed by atoms with Gasteiger partial charge in [-0.25, -0.2) is 0 Å². The van der Waals surface area contributed by atoms with Gasteiger partial charge in [-0.3, -0.25) is 4.79 Å². The minimum atomic E-state index is 0. The van der Waals surface area contributed by atoms with E-state index in [-0.39, 0.29) is 24.4 Å². The molecule has 0 bridgehead atoms.